The van der Waals surface area contributed by atoms with Crippen LogP contribution in [0.5, 0.6) is 0 Å². The Morgan fingerprint density at radius 3 is 1.37 bits per heavy atom. The molecule has 1 N–H and O–H groups in total. The number of rotatable bonds is 20. The summed E-state index contributed by atoms with van der Waals surface area (Å²) in [5.74, 6) is 3.57. The van der Waals surface area contributed by atoms with Gasteiger partial charge >= 0.3 is 127 Å². The van der Waals surface area contributed by atoms with Crippen LogP contribution in [0.3, 0.4) is 0 Å². The molecule has 81 heavy (non-hydrogen) atoms. The molecule has 0 heterocycles. The first-order valence-corrected chi connectivity index (χ1v) is 28.0. The number of terminal acetylenes is 2. The van der Waals surface area contributed by atoms with Crippen LogP contribution in [-0.4, -0.2) is 113 Å². The number of nitrogens with zero attached hydrogens (tertiary/aromatic N) is 3. The van der Waals surface area contributed by atoms with E-state index < -0.39 is 32.6 Å². The standard InChI is InChI=1S/C27H27ClN2O6S.C24H23ClN2O4S.C3H5BrO2.CH2O3.2K.H/c1-5-16-29(19(2)17-26(31)35-3)24-14-15-25(23-9-7-6-8-22(23)24)30(18-27(32)36-4)37(33,34)21-12-10-20(28)11-13-21;1-4-15-27(17(2)16-24(28)31-3)23-14-13-22(20-7-5-6-8-21(20)23)26-32(29,30)19-11-9-18(25)10-12-19;1-6-3(5)2-4;2-1-4-3;;;/h1,6-15,19H,16-18H2,2-4H3;1,5-14,17,26H,15-16H2,2-3H3;2H2,1H3;1,3H;;;/q;;;;2*+1;-1/p-1/t19-;17-;;;;;/m00...../s1. The van der Waals surface area contributed by atoms with Gasteiger partial charge in [-0.05, 0) is 86.6 Å². The zero-order valence-electron chi connectivity index (χ0n) is 46.6. The Labute approximate surface area is 577 Å². The SMILES string of the molecule is C#CCN(c1ccc(N(CC(=O)OC)S(=O)(=O)c2ccc(Cl)cc2)c2ccccc12)[C@@H](C)CC(=O)OC.C#CCN(c1ccc(NS(=O)(=O)c2ccc(Cl)cc2)c2ccccc12)[C@@H](C)CC(=O)OC.COC(=O)CBr.O=CO[O-].[H-].[K+].[K+]. The van der Waals surface area contributed by atoms with E-state index in [4.69, 9.17) is 60.3 Å². The zero-order chi connectivity index (χ0) is 58.9. The van der Waals surface area contributed by atoms with Gasteiger partial charge in [0.1, 0.15) is 11.9 Å². The van der Waals surface area contributed by atoms with Gasteiger partial charge in [0.25, 0.3) is 26.5 Å². The van der Waals surface area contributed by atoms with Crippen molar-refractivity contribution in [3.05, 3.63) is 131 Å². The molecule has 0 aliphatic carbocycles. The summed E-state index contributed by atoms with van der Waals surface area (Å²) in [6.07, 6.45) is 11.5. The zero-order valence-corrected chi connectivity index (χ0v) is 56.6. The Bertz CT molecular complexity index is 3370. The fraction of sp³-hybridized carbons (Fsp3) is 0.255. The van der Waals surface area contributed by atoms with Gasteiger partial charge in [0, 0.05) is 55.0 Å². The van der Waals surface area contributed by atoms with Gasteiger partial charge in [-0.3, -0.25) is 33.0 Å². The summed E-state index contributed by atoms with van der Waals surface area (Å²) >= 11 is 14.7. The Kier molecular flexibility index (Phi) is 34.9. The normalized spacial score (nSPS) is 11.0. The molecule has 6 aromatic rings. The van der Waals surface area contributed by atoms with E-state index in [1.807, 2.05) is 60.0 Å². The Morgan fingerprint density at radius 2 is 0.988 bits per heavy atom. The van der Waals surface area contributed by atoms with Gasteiger partial charge in [-0.15, -0.1) is 12.8 Å². The second-order valence-corrected chi connectivity index (χ2v) is 21.2. The van der Waals surface area contributed by atoms with Gasteiger partial charge in [0.2, 0.25) is 0 Å². The van der Waals surface area contributed by atoms with Gasteiger partial charge in [-0.1, -0.05) is 99.5 Å². The number of sulfonamides is 2. The van der Waals surface area contributed by atoms with Crippen LogP contribution in [0.4, 0.5) is 22.7 Å². The number of hydrogen-bond donors (Lipinski definition) is 1. The predicted octanol–water partition coefficient (Wildman–Crippen LogP) is 2.05. The number of carbonyl (C=O) groups excluding carboxylic acids is 5. The van der Waals surface area contributed by atoms with Crippen LogP contribution in [0.2, 0.25) is 10.0 Å². The van der Waals surface area contributed by atoms with Crippen LogP contribution >= 0.6 is 39.1 Å². The third-order valence-corrected chi connectivity index (χ3v) is 15.4. The average Bonchev–Trinajstić information content (AvgIpc) is 3.57. The van der Waals surface area contributed by atoms with E-state index in [1.54, 1.807) is 36.4 Å². The molecule has 0 aromatic heterocycles. The van der Waals surface area contributed by atoms with E-state index in [9.17, 15) is 36.0 Å². The van der Waals surface area contributed by atoms with E-state index in [2.05, 4.69) is 42.1 Å². The maximum atomic E-state index is 13.7. The molecule has 6 rings (SSSR count). The van der Waals surface area contributed by atoms with Crippen LogP contribution in [0.15, 0.2) is 131 Å². The molecule has 0 saturated heterocycles. The van der Waals surface area contributed by atoms with Crippen molar-refractivity contribution in [3.63, 3.8) is 0 Å². The fourth-order valence-corrected chi connectivity index (χ4v) is 10.5. The molecule has 2 atom stereocenters. The number of hydrogen-bond acceptors (Lipinski definition) is 17. The molecule has 19 nitrogen and oxygen atoms in total. The molecule has 0 amide bonds. The van der Waals surface area contributed by atoms with E-state index in [0.717, 1.165) is 15.4 Å². The number of methoxy groups -OCH3 is 4. The minimum absolute atomic E-state index is 0. The number of esters is 4. The molecule has 422 valence electrons. The van der Waals surface area contributed by atoms with E-state index >= 15 is 0 Å². The first-order valence-electron chi connectivity index (χ1n) is 23.2. The smallest absolute Gasteiger partial charge is 1.00 e. The van der Waals surface area contributed by atoms with Crippen LogP contribution in [-0.2, 0) is 67.9 Å². The first-order chi connectivity index (χ1) is 37.6. The molecule has 26 heteroatoms. The van der Waals surface area contributed by atoms with Crippen LogP contribution in [0, 0.1) is 24.7 Å². The van der Waals surface area contributed by atoms with E-state index in [1.165, 1.54) is 77.0 Å². The van der Waals surface area contributed by atoms with Crippen molar-refractivity contribution in [2.24, 2.45) is 0 Å². The van der Waals surface area contributed by atoms with Crippen molar-refractivity contribution in [3.8, 4) is 24.7 Å². The van der Waals surface area contributed by atoms with Gasteiger partial charge in [-0.2, -0.15) is 0 Å². The molecule has 0 bridgehead atoms. The third-order valence-electron chi connectivity index (χ3n) is 11.3. The minimum Gasteiger partial charge on any atom is -1.00 e. The topological polar surface area (TPSA) is 245 Å². The Balaban J connectivity index is 0.00000134. The summed E-state index contributed by atoms with van der Waals surface area (Å²) in [6.45, 7) is 3.50. The molecule has 0 saturated carbocycles. The van der Waals surface area contributed by atoms with E-state index in [0.29, 0.717) is 37.6 Å². The molecule has 0 unspecified atom stereocenters. The van der Waals surface area contributed by atoms with Crippen LogP contribution < -0.4 is 127 Å². The van der Waals surface area contributed by atoms with Gasteiger partial charge in [0.15, 0.2) is 0 Å². The molecular weight excluding hydrogens is 1250 g/mol. The molecule has 0 radical (unpaired) electrons. The summed E-state index contributed by atoms with van der Waals surface area (Å²) in [5.41, 5.74) is 2.21. The molecule has 0 fully saturated rings. The number of fused-ring (bicyclic) bond motifs is 2. The van der Waals surface area contributed by atoms with Gasteiger partial charge in [-0.25, -0.2) is 16.8 Å². The van der Waals surface area contributed by atoms with Crippen molar-refractivity contribution in [2.45, 2.75) is 48.6 Å². The van der Waals surface area contributed by atoms with Crippen LogP contribution in [0.1, 0.15) is 28.1 Å². The first kappa shape index (κ1) is 74.7. The number of alkyl halides is 1. The largest absolute Gasteiger partial charge is 1.00 e. The molecular formula is C55H57BrCl2K2N4O15S2. The number of carbonyl (C=O) groups is 5. The van der Waals surface area contributed by atoms with Gasteiger partial charge in [0.05, 0.1) is 75.5 Å². The quantitative estimate of drug-likeness (QED) is 0.0168. The minimum atomic E-state index is -4.18. The van der Waals surface area contributed by atoms with Crippen LogP contribution in [0.25, 0.3) is 21.5 Å². The van der Waals surface area contributed by atoms with Crippen molar-refractivity contribution < 1.29 is 174 Å². The number of ether oxygens (including phenoxy) is 4. The monoisotopic (exact) mass is 1300 g/mol. The molecule has 0 aliphatic rings. The molecule has 0 aliphatic heterocycles. The van der Waals surface area contributed by atoms with Crippen molar-refractivity contribution in [1.29, 1.82) is 0 Å². The Morgan fingerprint density at radius 1 is 0.617 bits per heavy atom. The van der Waals surface area contributed by atoms with Crippen molar-refractivity contribution >= 4 is 134 Å². The fourth-order valence-electron chi connectivity index (χ4n) is 7.47. The average molecular weight is 1310 g/mol. The summed E-state index contributed by atoms with van der Waals surface area (Å²) in [6, 6.07) is 32.5. The van der Waals surface area contributed by atoms with Crippen molar-refractivity contribution in [1.82, 2.24) is 0 Å². The maximum absolute atomic E-state index is 13.7. The summed E-state index contributed by atoms with van der Waals surface area (Å²) < 4.78 is 75.5. The van der Waals surface area contributed by atoms with Crippen molar-refractivity contribution in [2.75, 3.05) is 72.2 Å². The number of benzene rings is 6. The molecule has 6 aromatic carbocycles. The summed E-state index contributed by atoms with van der Waals surface area (Å²) in [7, 11) is -2.79. The second kappa shape index (κ2) is 37.8. The maximum Gasteiger partial charge on any atom is 1.00 e. The Hall–Kier alpha value is -4.30. The molecule has 0 spiro atoms. The number of halogens is 3. The second-order valence-electron chi connectivity index (χ2n) is 16.3. The summed E-state index contributed by atoms with van der Waals surface area (Å²) in [5, 5.41) is 12.3. The predicted molar refractivity (Wildman–Crippen MR) is 307 cm³/mol. The third kappa shape index (κ3) is 22.3. The summed E-state index contributed by atoms with van der Waals surface area (Å²) in [4.78, 5) is 61.1. The number of anilines is 4. The van der Waals surface area contributed by atoms with E-state index in [-0.39, 0.29) is 187 Å². The number of nitrogens with one attached hydrogen (secondary N) is 1. The van der Waals surface area contributed by atoms with Gasteiger partial charge < -0.3 is 40.3 Å².